The van der Waals surface area contributed by atoms with Crippen molar-refractivity contribution in [2.24, 2.45) is 11.8 Å². The first-order valence-electron chi connectivity index (χ1n) is 16.5. The molecule has 2 saturated carbocycles. The Labute approximate surface area is 266 Å². The zero-order valence-corrected chi connectivity index (χ0v) is 26.1. The summed E-state index contributed by atoms with van der Waals surface area (Å²) in [6.45, 7) is 2.17. The minimum Gasteiger partial charge on any atom is -0.373 e. The van der Waals surface area contributed by atoms with Gasteiger partial charge in [0.05, 0.1) is 19.3 Å². The fourth-order valence-electron chi connectivity index (χ4n) is 7.51. The number of epoxide rings is 1. The third-order valence-electron chi connectivity index (χ3n) is 10.3. The highest BCUT2D eigenvalue weighted by Gasteiger charge is 2.35. The van der Waals surface area contributed by atoms with E-state index in [1.807, 2.05) is 19.1 Å². The summed E-state index contributed by atoms with van der Waals surface area (Å²) in [5, 5.41) is 0. The molecule has 0 aromatic heterocycles. The molecule has 2 aliphatic carbocycles. The summed E-state index contributed by atoms with van der Waals surface area (Å²) in [5.41, 5.74) is 0.355. The van der Waals surface area contributed by atoms with Crippen molar-refractivity contribution in [2.45, 2.75) is 95.9 Å². The lowest BCUT2D eigenvalue weighted by Crippen LogP contribution is -2.28. The second-order valence-electron chi connectivity index (χ2n) is 13.1. The first-order chi connectivity index (χ1) is 22.3. The number of hydrogen-bond donors (Lipinski definition) is 0. The Morgan fingerprint density at radius 3 is 1.80 bits per heavy atom. The van der Waals surface area contributed by atoms with Gasteiger partial charge in [0.15, 0.2) is 34.9 Å². The van der Waals surface area contributed by atoms with E-state index >= 15 is 8.78 Å². The normalized spacial score (nSPS) is 24.9. The van der Waals surface area contributed by atoms with Crippen LogP contribution in [-0.2, 0) is 22.5 Å². The van der Waals surface area contributed by atoms with Gasteiger partial charge < -0.3 is 9.47 Å². The molecule has 0 spiro atoms. The van der Waals surface area contributed by atoms with Crippen LogP contribution >= 0.6 is 0 Å². The first-order valence-corrected chi connectivity index (χ1v) is 16.5. The van der Waals surface area contributed by atoms with Gasteiger partial charge in [-0.2, -0.15) is 0 Å². The second kappa shape index (κ2) is 14.3. The maximum Gasteiger partial charge on any atom is 0.167 e. The number of benzene rings is 3. The van der Waals surface area contributed by atoms with Crippen molar-refractivity contribution < 1.29 is 35.8 Å². The van der Waals surface area contributed by atoms with E-state index in [1.165, 1.54) is 24.3 Å². The van der Waals surface area contributed by atoms with Gasteiger partial charge in [0, 0.05) is 22.3 Å². The fraction of sp³-hybridized carbons (Fsp3) is 0.474. The Morgan fingerprint density at radius 1 is 0.652 bits per heavy atom. The molecule has 3 aromatic rings. The Hall–Kier alpha value is -3.10. The molecular formula is C38H40F6O2. The van der Waals surface area contributed by atoms with Gasteiger partial charge in [-0.3, -0.25) is 0 Å². The lowest BCUT2D eigenvalue weighted by atomic mass is 9.69. The van der Waals surface area contributed by atoms with Crippen LogP contribution in [0.3, 0.4) is 0 Å². The lowest BCUT2D eigenvalue weighted by molar-refractivity contribution is -0.00322. The van der Waals surface area contributed by atoms with Crippen LogP contribution in [0.5, 0.6) is 0 Å². The van der Waals surface area contributed by atoms with Crippen molar-refractivity contribution in [3.05, 3.63) is 106 Å². The molecule has 46 heavy (non-hydrogen) atoms. The van der Waals surface area contributed by atoms with Crippen molar-refractivity contribution >= 4 is 0 Å². The summed E-state index contributed by atoms with van der Waals surface area (Å²) >= 11 is 0. The number of rotatable bonds is 10. The van der Waals surface area contributed by atoms with E-state index in [9.17, 15) is 17.6 Å². The molecule has 0 amide bonds. The molecule has 0 bridgehead atoms. The number of allylic oxidation sites excluding steroid dienone is 2. The van der Waals surface area contributed by atoms with Gasteiger partial charge in [-0.15, -0.1) is 0 Å². The van der Waals surface area contributed by atoms with Crippen LogP contribution in [0.25, 0.3) is 11.1 Å². The average molecular weight is 643 g/mol. The molecule has 3 aromatic carbocycles. The maximum absolute atomic E-state index is 15.1. The SMILES string of the molecule is C/C=C/CCc1ccc(-c2ccc(COC3CCC(C4CCC(c5ccc(C6CO6)c(F)c5F)CC4)CC3)c(F)c2F)c(F)c1F. The van der Waals surface area contributed by atoms with E-state index < -0.39 is 34.9 Å². The van der Waals surface area contributed by atoms with Crippen molar-refractivity contribution in [2.75, 3.05) is 6.61 Å². The fourth-order valence-corrected chi connectivity index (χ4v) is 7.51. The maximum atomic E-state index is 15.1. The number of ether oxygens (including phenoxy) is 2. The van der Waals surface area contributed by atoms with Gasteiger partial charge in [0.25, 0.3) is 0 Å². The van der Waals surface area contributed by atoms with E-state index in [0.29, 0.717) is 42.4 Å². The molecule has 1 heterocycles. The summed E-state index contributed by atoms with van der Waals surface area (Å²) < 4.78 is 100. The summed E-state index contributed by atoms with van der Waals surface area (Å²) in [4.78, 5) is 0. The minimum atomic E-state index is -1.23. The van der Waals surface area contributed by atoms with Crippen LogP contribution in [0.15, 0.2) is 48.6 Å². The molecule has 246 valence electrons. The number of halogens is 6. The molecule has 1 atom stereocenters. The standard InChI is InChI=1S/C38H40F6O2/c1-2-3-4-5-25-12-16-29(36(42)33(25)39)30-17-13-26(34(40)37(30)43)20-45-27-14-10-23(11-15-27)22-6-8-24(9-7-22)28-18-19-31(32-21-46-32)38(44)35(28)41/h2-3,12-13,16-19,22-24,27,32H,4-11,14-15,20-21H2,1H3/b3-2+. The molecular weight excluding hydrogens is 602 g/mol. The van der Waals surface area contributed by atoms with E-state index in [0.717, 1.165) is 51.4 Å². The average Bonchev–Trinajstić information content (AvgIpc) is 3.92. The Kier molecular flexibility index (Phi) is 10.2. The summed E-state index contributed by atoms with van der Waals surface area (Å²) in [6.07, 6.45) is 11.3. The molecule has 3 aliphatic rings. The van der Waals surface area contributed by atoms with Gasteiger partial charge in [0.2, 0.25) is 0 Å². The highest BCUT2D eigenvalue weighted by Crippen LogP contribution is 2.45. The Bertz CT molecular complexity index is 1570. The highest BCUT2D eigenvalue weighted by molar-refractivity contribution is 5.66. The van der Waals surface area contributed by atoms with Gasteiger partial charge in [-0.25, -0.2) is 26.3 Å². The second-order valence-corrected chi connectivity index (χ2v) is 13.1. The highest BCUT2D eigenvalue weighted by atomic mass is 19.2. The topological polar surface area (TPSA) is 21.8 Å². The lowest BCUT2D eigenvalue weighted by Gasteiger charge is -2.38. The molecule has 1 saturated heterocycles. The van der Waals surface area contributed by atoms with Gasteiger partial charge in [-0.05, 0) is 100 Å². The largest absolute Gasteiger partial charge is 0.373 e. The van der Waals surface area contributed by atoms with Crippen molar-refractivity contribution in [1.82, 2.24) is 0 Å². The van der Waals surface area contributed by atoms with Crippen LogP contribution in [0.1, 0.15) is 99.0 Å². The molecule has 0 N–H and O–H groups in total. The molecule has 3 fully saturated rings. The van der Waals surface area contributed by atoms with Crippen molar-refractivity contribution in [3.63, 3.8) is 0 Å². The summed E-state index contributed by atoms with van der Waals surface area (Å²) in [7, 11) is 0. The Morgan fingerprint density at radius 2 is 1.20 bits per heavy atom. The molecule has 6 rings (SSSR count). The quantitative estimate of drug-likeness (QED) is 0.125. The van der Waals surface area contributed by atoms with Crippen LogP contribution < -0.4 is 0 Å². The van der Waals surface area contributed by atoms with Gasteiger partial charge in [-0.1, -0.05) is 48.6 Å². The van der Waals surface area contributed by atoms with Crippen LogP contribution in [0.4, 0.5) is 26.3 Å². The van der Waals surface area contributed by atoms with E-state index in [-0.39, 0.29) is 47.0 Å². The zero-order valence-electron chi connectivity index (χ0n) is 26.1. The Balaban J connectivity index is 0.993. The predicted octanol–water partition coefficient (Wildman–Crippen LogP) is 10.8. The summed E-state index contributed by atoms with van der Waals surface area (Å²) in [5.74, 6) is -5.02. The van der Waals surface area contributed by atoms with E-state index in [1.54, 1.807) is 12.1 Å². The van der Waals surface area contributed by atoms with Gasteiger partial charge >= 0.3 is 0 Å². The number of aryl methyl sites for hydroxylation is 1. The molecule has 2 nitrogen and oxygen atoms in total. The van der Waals surface area contributed by atoms with Gasteiger partial charge in [0.1, 0.15) is 6.10 Å². The van der Waals surface area contributed by atoms with E-state index in [4.69, 9.17) is 9.47 Å². The monoisotopic (exact) mass is 642 g/mol. The van der Waals surface area contributed by atoms with Crippen LogP contribution in [0.2, 0.25) is 0 Å². The molecule has 8 heteroatoms. The predicted molar refractivity (Wildman–Crippen MR) is 165 cm³/mol. The molecule has 0 radical (unpaired) electrons. The van der Waals surface area contributed by atoms with Crippen LogP contribution in [-0.4, -0.2) is 12.7 Å². The minimum absolute atomic E-state index is 0.0179. The van der Waals surface area contributed by atoms with Crippen molar-refractivity contribution in [3.8, 4) is 11.1 Å². The van der Waals surface area contributed by atoms with Crippen LogP contribution in [0, 0.1) is 46.7 Å². The number of hydrogen-bond acceptors (Lipinski definition) is 2. The third kappa shape index (κ3) is 6.93. The van der Waals surface area contributed by atoms with E-state index in [2.05, 4.69) is 0 Å². The summed E-state index contributed by atoms with van der Waals surface area (Å²) in [6, 6.07) is 8.75. The third-order valence-corrected chi connectivity index (χ3v) is 10.3. The zero-order chi connectivity index (χ0) is 32.4. The van der Waals surface area contributed by atoms with Crippen molar-refractivity contribution in [1.29, 1.82) is 0 Å². The first kappa shape index (κ1) is 32.8. The smallest absolute Gasteiger partial charge is 0.167 e. The molecule has 1 unspecified atom stereocenters. The molecule has 1 aliphatic heterocycles.